The summed E-state index contributed by atoms with van der Waals surface area (Å²) in [5.74, 6) is 1.40. The molecule has 2 aliphatic rings. The first kappa shape index (κ1) is 22.3. The van der Waals surface area contributed by atoms with Crippen LogP contribution in [-0.4, -0.2) is 47.4 Å². The summed E-state index contributed by atoms with van der Waals surface area (Å²) < 4.78 is 16.0. The molecule has 4 nitrogen and oxygen atoms in total. The van der Waals surface area contributed by atoms with E-state index in [1.807, 2.05) is 6.07 Å². The molecule has 2 fully saturated rings. The maximum absolute atomic E-state index is 13.8. The van der Waals surface area contributed by atoms with E-state index in [1.165, 1.54) is 35.9 Å². The van der Waals surface area contributed by atoms with Crippen LogP contribution < -0.4 is 5.32 Å². The van der Waals surface area contributed by atoms with Crippen molar-refractivity contribution in [3.63, 3.8) is 0 Å². The Kier molecular flexibility index (Phi) is 6.88. The molecule has 3 heterocycles. The summed E-state index contributed by atoms with van der Waals surface area (Å²) >= 11 is 0. The van der Waals surface area contributed by atoms with E-state index in [4.69, 9.17) is 5.10 Å². The highest BCUT2D eigenvalue weighted by atomic mass is 19.1. The van der Waals surface area contributed by atoms with Gasteiger partial charge in [0, 0.05) is 43.6 Å². The van der Waals surface area contributed by atoms with Crippen molar-refractivity contribution in [3.05, 3.63) is 89.0 Å². The Hall–Kier alpha value is -2.50. The third-order valence-electron chi connectivity index (χ3n) is 7.50. The summed E-state index contributed by atoms with van der Waals surface area (Å²) in [6.45, 7) is 8.43. The van der Waals surface area contributed by atoms with Gasteiger partial charge in [0.15, 0.2) is 0 Å². The molecular weight excluding hydrogens is 411 g/mol. The summed E-state index contributed by atoms with van der Waals surface area (Å²) in [7, 11) is 0. The number of nitrogens with zero attached hydrogens (tertiary/aromatic N) is 3. The molecule has 2 unspecified atom stereocenters. The van der Waals surface area contributed by atoms with Gasteiger partial charge in [0.1, 0.15) is 5.82 Å². The molecule has 0 aliphatic carbocycles. The fraction of sp³-hybridized carbons (Fsp3) is 0.464. The van der Waals surface area contributed by atoms with Crippen molar-refractivity contribution in [2.24, 2.45) is 5.92 Å². The van der Waals surface area contributed by atoms with Crippen LogP contribution in [0.2, 0.25) is 0 Å². The van der Waals surface area contributed by atoms with E-state index in [9.17, 15) is 4.39 Å². The van der Waals surface area contributed by atoms with E-state index in [0.29, 0.717) is 17.8 Å². The van der Waals surface area contributed by atoms with Gasteiger partial charge in [-0.1, -0.05) is 42.5 Å². The second-order valence-corrected chi connectivity index (χ2v) is 9.69. The number of halogens is 1. The lowest BCUT2D eigenvalue weighted by molar-refractivity contribution is 0.179. The van der Waals surface area contributed by atoms with E-state index in [1.54, 1.807) is 6.07 Å². The monoisotopic (exact) mass is 446 g/mol. The molecule has 5 heteroatoms. The molecule has 174 valence electrons. The van der Waals surface area contributed by atoms with Gasteiger partial charge in [0.2, 0.25) is 0 Å². The number of benzene rings is 2. The van der Waals surface area contributed by atoms with Gasteiger partial charge in [0.05, 0.1) is 5.69 Å². The third kappa shape index (κ3) is 5.20. The average molecular weight is 447 g/mol. The number of piperidine rings is 1. The zero-order valence-electron chi connectivity index (χ0n) is 19.6. The minimum atomic E-state index is -0.127. The van der Waals surface area contributed by atoms with E-state index < -0.39 is 0 Å². The molecule has 0 saturated carbocycles. The molecule has 0 spiro atoms. The van der Waals surface area contributed by atoms with Crippen molar-refractivity contribution in [2.75, 3.05) is 32.7 Å². The number of aromatic nitrogens is 2. The summed E-state index contributed by atoms with van der Waals surface area (Å²) in [5, 5.41) is 8.46. The van der Waals surface area contributed by atoms with Crippen molar-refractivity contribution in [3.8, 4) is 0 Å². The lowest BCUT2D eigenvalue weighted by atomic mass is 9.87. The van der Waals surface area contributed by atoms with E-state index in [2.05, 4.69) is 64.3 Å². The number of hydrogen-bond donors (Lipinski definition) is 1. The van der Waals surface area contributed by atoms with Gasteiger partial charge in [-0.15, -0.1) is 0 Å². The minimum Gasteiger partial charge on any atom is -0.316 e. The second-order valence-electron chi connectivity index (χ2n) is 9.69. The lowest BCUT2D eigenvalue weighted by Gasteiger charge is -2.34. The molecule has 1 aromatic heterocycles. The van der Waals surface area contributed by atoms with Crippen LogP contribution in [0, 0.1) is 11.7 Å². The summed E-state index contributed by atoms with van der Waals surface area (Å²) in [4.78, 5) is 2.62. The van der Waals surface area contributed by atoms with Crippen LogP contribution in [0.1, 0.15) is 54.1 Å². The molecule has 2 saturated heterocycles. The first-order valence-electron chi connectivity index (χ1n) is 12.5. The molecule has 0 radical (unpaired) electrons. The van der Waals surface area contributed by atoms with Gasteiger partial charge in [-0.05, 0) is 74.6 Å². The summed E-state index contributed by atoms with van der Waals surface area (Å²) in [5.41, 5.74) is 5.04. The van der Waals surface area contributed by atoms with Crippen LogP contribution in [0.25, 0.3) is 0 Å². The van der Waals surface area contributed by atoms with E-state index in [0.717, 1.165) is 51.3 Å². The van der Waals surface area contributed by atoms with Gasteiger partial charge >= 0.3 is 0 Å². The van der Waals surface area contributed by atoms with Gasteiger partial charge < -0.3 is 10.2 Å². The van der Waals surface area contributed by atoms with Crippen molar-refractivity contribution in [1.82, 2.24) is 20.0 Å². The Labute approximate surface area is 196 Å². The topological polar surface area (TPSA) is 33.1 Å². The summed E-state index contributed by atoms with van der Waals surface area (Å²) in [6, 6.07) is 20.1. The predicted octanol–water partition coefficient (Wildman–Crippen LogP) is 4.82. The molecule has 33 heavy (non-hydrogen) atoms. The number of likely N-dealkylation sites (tertiary alicyclic amines) is 1. The Morgan fingerprint density at radius 1 is 1.00 bits per heavy atom. The minimum absolute atomic E-state index is 0.127. The van der Waals surface area contributed by atoms with Crippen LogP contribution in [0.5, 0.6) is 0 Å². The maximum atomic E-state index is 13.8. The SMILES string of the molecule is CCn1nc(Cc2ccccc2)cc1C1CCN(CC2CNCC2c2cccc(F)c2)CC1. The molecule has 3 aromatic rings. The third-order valence-corrected chi connectivity index (χ3v) is 7.50. The Bertz CT molecular complexity index is 1040. The summed E-state index contributed by atoms with van der Waals surface area (Å²) in [6.07, 6.45) is 3.26. The normalized spacial score (nSPS) is 22.1. The zero-order chi connectivity index (χ0) is 22.6. The highest BCUT2D eigenvalue weighted by Gasteiger charge is 2.32. The second kappa shape index (κ2) is 10.2. The predicted molar refractivity (Wildman–Crippen MR) is 131 cm³/mol. The molecule has 0 amide bonds. The Morgan fingerprint density at radius 2 is 1.82 bits per heavy atom. The highest BCUT2D eigenvalue weighted by molar-refractivity contribution is 5.25. The van der Waals surface area contributed by atoms with E-state index >= 15 is 0 Å². The number of nitrogens with one attached hydrogen (secondary N) is 1. The van der Waals surface area contributed by atoms with Gasteiger partial charge in [-0.3, -0.25) is 4.68 Å². The highest BCUT2D eigenvalue weighted by Crippen LogP contribution is 2.33. The fourth-order valence-electron chi connectivity index (χ4n) is 5.76. The molecule has 0 bridgehead atoms. The van der Waals surface area contributed by atoms with Gasteiger partial charge in [-0.25, -0.2) is 4.39 Å². The van der Waals surface area contributed by atoms with Crippen LogP contribution >= 0.6 is 0 Å². The Morgan fingerprint density at radius 3 is 2.58 bits per heavy atom. The number of rotatable bonds is 7. The van der Waals surface area contributed by atoms with Gasteiger partial charge in [-0.2, -0.15) is 5.10 Å². The molecule has 5 rings (SSSR count). The molecule has 2 atom stereocenters. The smallest absolute Gasteiger partial charge is 0.123 e. The lowest BCUT2D eigenvalue weighted by Crippen LogP contribution is -2.38. The molecular formula is C28H35FN4. The fourth-order valence-corrected chi connectivity index (χ4v) is 5.76. The Balaban J connectivity index is 1.20. The largest absolute Gasteiger partial charge is 0.316 e. The number of aryl methyl sites for hydroxylation is 1. The standard InChI is InChI=1S/C28H35FN4/c1-2-33-28(17-26(31-33)15-21-7-4-3-5-8-21)22-11-13-32(14-12-22)20-24-18-30-19-27(24)23-9-6-10-25(29)16-23/h3-10,16-17,22,24,27,30H,2,11-15,18-20H2,1H3. The van der Waals surface area contributed by atoms with Crippen LogP contribution in [0.15, 0.2) is 60.7 Å². The molecule has 1 N–H and O–H groups in total. The number of hydrogen-bond acceptors (Lipinski definition) is 3. The average Bonchev–Trinajstić information content (AvgIpc) is 3.47. The van der Waals surface area contributed by atoms with Crippen molar-refractivity contribution < 1.29 is 4.39 Å². The molecule has 2 aromatic carbocycles. The van der Waals surface area contributed by atoms with E-state index in [-0.39, 0.29) is 5.82 Å². The van der Waals surface area contributed by atoms with Crippen LogP contribution in [0.4, 0.5) is 4.39 Å². The van der Waals surface area contributed by atoms with Gasteiger partial charge in [0.25, 0.3) is 0 Å². The maximum Gasteiger partial charge on any atom is 0.123 e. The van der Waals surface area contributed by atoms with Crippen molar-refractivity contribution >= 4 is 0 Å². The van der Waals surface area contributed by atoms with Crippen LogP contribution in [0.3, 0.4) is 0 Å². The first-order valence-corrected chi connectivity index (χ1v) is 12.5. The van der Waals surface area contributed by atoms with Crippen molar-refractivity contribution in [1.29, 1.82) is 0 Å². The first-order chi connectivity index (χ1) is 16.2. The zero-order valence-corrected chi connectivity index (χ0v) is 19.6. The van der Waals surface area contributed by atoms with Crippen molar-refractivity contribution in [2.45, 2.75) is 44.6 Å². The molecule has 2 aliphatic heterocycles. The van der Waals surface area contributed by atoms with Crippen LogP contribution in [-0.2, 0) is 13.0 Å². The quantitative estimate of drug-likeness (QED) is 0.565.